The molecule has 84 valence electrons. The summed E-state index contributed by atoms with van der Waals surface area (Å²) < 4.78 is 11.7. The molecule has 2 aliphatic heterocycles. The molecule has 0 N–H and O–H groups in total. The van der Waals surface area contributed by atoms with E-state index in [1.54, 1.807) is 0 Å². The monoisotopic (exact) mass is 211 g/mol. The SMILES string of the molecule is CC1(C)OCC[C@]12CC[C@H](CN=[N+]=[N-])O2. The van der Waals surface area contributed by atoms with Crippen LogP contribution in [0, 0.1) is 0 Å². The fourth-order valence-corrected chi connectivity index (χ4v) is 2.62. The number of hydrogen-bond acceptors (Lipinski definition) is 3. The molecule has 2 fully saturated rings. The lowest BCUT2D eigenvalue weighted by molar-refractivity contribution is -0.127. The van der Waals surface area contributed by atoms with Crippen LogP contribution in [0.15, 0.2) is 5.11 Å². The predicted molar refractivity (Wildman–Crippen MR) is 55.5 cm³/mol. The number of ether oxygens (including phenoxy) is 2. The molecular formula is C10H17N3O2. The summed E-state index contributed by atoms with van der Waals surface area (Å²) in [7, 11) is 0. The minimum atomic E-state index is -0.210. The smallest absolute Gasteiger partial charge is 0.0991 e. The Morgan fingerprint density at radius 3 is 2.87 bits per heavy atom. The van der Waals surface area contributed by atoms with Crippen LogP contribution in [0.25, 0.3) is 10.4 Å². The Bertz CT molecular complexity index is 299. The van der Waals surface area contributed by atoms with Crippen LogP contribution in [0.5, 0.6) is 0 Å². The summed E-state index contributed by atoms with van der Waals surface area (Å²) in [5.41, 5.74) is 7.90. The first-order valence-corrected chi connectivity index (χ1v) is 5.42. The van der Waals surface area contributed by atoms with E-state index in [1.165, 1.54) is 0 Å². The van der Waals surface area contributed by atoms with Crippen molar-refractivity contribution in [3.63, 3.8) is 0 Å². The van der Waals surface area contributed by atoms with Gasteiger partial charge in [-0.3, -0.25) is 0 Å². The number of rotatable bonds is 2. The van der Waals surface area contributed by atoms with E-state index in [2.05, 4.69) is 23.9 Å². The second-order valence-corrected chi connectivity index (χ2v) is 4.80. The van der Waals surface area contributed by atoms with E-state index in [0.29, 0.717) is 6.54 Å². The second-order valence-electron chi connectivity index (χ2n) is 4.80. The molecule has 0 saturated carbocycles. The highest BCUT2D eigenvalue weighted by atomic mass is 16.6. The van der Waals surface area contributed by atoms with E-state index in [0.717, 1.165) is 25.9 Å². The van der Waals surface area contributed by atoms with Gasteiger partial charge in [0.15, 0.2) is 0 Å². The van der Waals surface area contributed by atoms with Crippen molar-refractivity contribution in [2.75, 3.05) is 13.2 Å². The summed E-state index contributed by atoms with van der Waals surface area (Å²) in [4.78, 5) is 2.76. The first-order chi connectivity index (χ1) is 7.10. The minimum Gasteiger partial charge on any atom is -0.372 e. The average molecular weight is 211 g/mol. The number of nitrogens with zero attached hydrogens (tertiary/aromatic N) is 3. The zero-order valence-electron chi connectivity index (χ0n) is 9.27. The van der Waals surface area contributed by atoms with Crippen LogP contribution >= 0.6 is 0 Å². The van der Waals surface area contributed by atoms with Gasteiger partial charge in [-0.2, -0.15) is 0 Å². The predicted octanol–water partition coefficient (Wildman–Crippen LogP) is 2.41. The summed E-state index contributed by atoms with van der Waals surface area (Å²) >= 11 is 0. The van der Waals surface area contributed by atoms with Crippen LogP contribution < -0.4 is 0 Å². The van der Waals surface area contributed by atoms with Gasteiger partial charge in [0.2, 0.25) is 0 Å². The van der Waals surface area contributed by atoms with E-state index in [4.69, 9.17) is 15.0 Å². The van der Waals surface area contributed by atoms with Crippen LogP contribution in [0.1, 0.15) is 33.1 Å². The highest BCUT2D eigenvalue weighted by Crippen LogP contribution is 2.47. The van der Waals surface area contributed by atoms with Gasteiger partial charge in [-0.15, -0.1) is 0 Å². The first kappa shape index (κ1) is 10.7. The molecular weight excluding hydrogens is 194 g/mol. The van der Waals surface area contributed by atoms with E-state index in [1.807, 2.05) is 0 Å². The fourth-order valence-electron chi connectivity index (χ4n) is 2.62. The lowest BCUT2D eigenvalue weighted by Gasteiger charge is -2.36. The minimum absolute atomic E-state index is 0.0712. The van der Waals surface area contributed by atoms with Gasteiger partial charge in [-0.1, -0.05) is 5.11 Å². The standard InChI is InChI=1S/C10H17N3O2/c1-9(2)10(5-6-14-9)4-3-8(15-10)7-12-13-11/h8H,3-7H2,1-2H3/t8-,10-/m1/s1. The highest BCUT2D eigenvalue weighted by Gasteiger charge is 2.55. The molecule has 5 nitrogen and oxygen atoms in total. The molecule has 2 rings (SSSR count). The topological polar surface area (TPSA) is 67.2 Å². The quantitative estimate of drug-likeness (QED) is 0.400. The van der Waals surface area contributed by atoms with Crippen LogP contribution in [0.4, 0.5) is 0 Å². The lowest BCUT2D eigenvalue weighted by atomic mass is 9.83. The fraction of sp³-hybridized carbons (Fsp3) is 1.00. The van der Waals surface area contributed by atoms with Crippen LogP contribution in [0.3, 0.4) is 0 Å². The van der Waals surface area contributed by atoms with Crippen molar-refractivity contribution in [3.8, 4) is 0 Å². The number of hydrogen-bond donors (Lipinski definition) is 0. The van der Waals surface area contributed by atoms with Crippen molar-refractivity contribution in [3.05, 3.63) is 10.4 Å². The normalized spacial score (nSPS) is 38.1. The molecule has 2 saturated heterocycles. The molecule has 0 bridgehead atoms. The van der Waals surface area contributed by atoms with Gasteiger partial charge in [-0.25, -0.2) is 0 Å². The highest BCUT2D eigenvalue weighted by molar-refractivity contribution is 5.05. The van der Waals surface area contributed by atoms with Gasteiger partial charge in [-0.05, 0) is 32.2 Å². The summed E-state index contributed by atoms with van der Waals surface area (Å²) in [6.45, 7) is 5.36. The van der Waals surface area contributed by atoms with Gasteiger partial charge in [0.1, 0.15) is 0 Å². The van der Waals surface area contributed by atoms with Gasteiger partial charge < -0.3 is 9.47 Å². The van der Waals surface area contributed by atoms with Gasteiger partial charge >= 0.3 is 0 Å². The Kier molecular flexibility index (Phi) is 2.63. The maximum atomic E-state index is 8.26. The molecule has 0 amide bonds. The zero-order chi connectivity index (χ0) is 10.9. The molecule has 2 heterocycles. The van der Waals surface area contributed by atoms with Gasteiger partial charge in [0.05, 0.1) is 30.5 Å². The van der Waals surface area contributed by atoms with E-state index >= 15 is 0 Å². The molecule has 2 aliphatic rings. The third-order valence-electron chi connectivity index (χ3n) is 3.68. The zero-order valence-corrected chi connectivity index (χ0v) is 9.27. The van der Waals surface area contributed by atoms with E-state index in [-0.39, 0.29) is 17.3 Å². The molecule has 0 unspecified atom stereocenters. The van der Waals surface area contributed by atoms with Crippen molar-refractivity contribution < 1.29 is 9.47 Å². The van der Waals surface area contributed by atoms with Crippen LogP contribution in [-0.4, -0.2) is 30.5 Å². The maximum absolute atomic E-state index is 8.26. The summed E-state index contributed by atoms with van der Waals surface area (Å²) in [5.74, 6) is 0. The van der Waals surface area contributed by atoms with Crippen LogP contribution in [-0.2, 0) is 9.47 Å². The third kappa shape index (κ3) is 1.71. The lowest BCUT2D eigenvalue weighted by Crippen LogP contribution is -2.46. The Hall–Kier alpha value is -0.770. The Morgan fingerprint density at radius 1 is 1.47 bits per heavy atom. The molecule has 0 aromatic carbocycles. The van der Waals surface area contributed by atoms with Crippen molar-refractivity contribution in [2.45, 2.75) is 50.4 Å². The van der Waals surface area contributed by atoms with Gasteiger partial charge in [0, 0.05) is 11.3 Å². The maximum Gasteiger partial charge on any atom is 0.0991 e. The third-order valence-corrected chi connectivity index (χ3v) is 3.68. The van der Waals surface area contributed by atoms with Crippen molar-refractivity contribution in [1.82, 2.24) is 0 Å². The van der Waals surface area contributed by atoms with Crippen molar-refractivity contribution in [1.29, 1.82) is 0 Å². The molecule has 0 aliphatic carbocycles. The summed E-state index contributed by atoms with van der Waals surface area (Å²) in [6.07, 6.45) is 2.99. The molecule has 5 heteroatoms. The van der Waals surface area contributed by atoms with Crippen LogP contribution in [0.2, 0.25) is 0 Å². The molecule has 1 spiro atoms. The Morgan fingerprint density at radius 2 is 2.27 bits per heavy atom. The van der Waals surface area contributed by atoms with Crippen molar-refractivity contribution >= 4 is 0 Å². The Balaban J connectivity index is 2.04. The van der Waals surface area contributed by atoms with Gasteiger partial charge in [0.25, 0.3) is 0 Å². The molecule has 0 aromatic rings. The average Bonchev–Trinajstić information content (AvgIpc) is 2.71. The summed E-state index contributed by atoms with van der Waals surface area (Å²) in [5, 5.41) is 3.57. The first-order valence-electron chi connectivity index (χ1n) is 5.42. The Labute approximate surface area is 89.4 Å². The number of azide groups is 1. The second kappa shape index (κ2) is 3.67. The largest absolute Gasteiger partial charge is 0.372 e. The van der Waals surface area contributed by atoms with E-state index < -0.39 is 0 Å². The molecule has 0 radical (unpaired) electrons. The molecule has 0 aromatic heterocycles. The molecule has 15 heavy (non-hydrogen) atoms. The van der Waals surface area contributed by atoms with E-state index in [9.17, 15) is 0 Å². The summed E-state index contributed by atoms with van der Waals surface area (Å²) in [6, 6.07) is 0. The molecule has 2 atom stereocenters. The van der Waals surface area contributed by atoms with Crippen molar-refractivity contribution in [2.24, 2.45) is 5.11 Å².